The SMILES string of the molecule is COC(=O)[C@@H]1CC12CCN(c1nc(C)c(S(N)(=O)=O)s1)CC2. The first kappa shape index (κ1) is 15.7. The summed E-state index contributed by atoms with van der Waals surface area (Å²) in [5.74, 6) is -0.0901. The predicted molar refractivity (Wildman–Crippen MR) is 82.2 cm³/mol. The number of rotatable bonds is 3. The molecule has 2 N–H and O–H groups in total. The first-order valence-electron chi connectivity index (χ1n) is 7.10. The number of primary sulfonamides is 1. The molecule has 0 aromatic carbocycles. The van der Waals surface area contributed by atoms with Crippen LogP contribution in [0.3, 0.4) is 0 Å². The van der Waals surface area contributed by atoms with Crippen molar-refractivity contribution >= 4 is 32.5 Å². The fourth-order valence-corrected chi connectivity index (χ4v) is 5.29. The van der Waals surface area contributed by atoms with Crippen molar-refractivity contribution < 1.29 is 17.9 Å². The van der Waals surface area contributed by atoms with Crippen molar-refractivity contribution in [3.05, 3.63) is 5.69 Å². The molecule has 1 aromatic heterocycles. The van der Waals surface area contributed by atoms with E-state index in [0.717, 1.165) is 43.7 Å². The van der Waals surface area contributed by atoms with Gasteiger partial charge in [0.05, 0.1) is 18.7 Å². The molecular weight excluding hydrogens is 326 g/mol. The van der Waals surface area contributed by atoms with Crippen LogP contribution < -0.4 is 10.0 Å². The predicted octanol–water partition coefficient (Wildman–Crippen LogP) is 0.878. The number of hydrogen-bond acceptors (Lipinski definition) is 7. The van der Waals surface area contributed by atoms with Gasteiger partial charge in [-0.2, -0.15) is 0 Å². The second-order valence-corrected chi connectivity index (χ2v) is 8.78. The van der Waals surface area contributed by atoms with Gasteiger partial charge in [-0.1, -0.05) is 11.3 Å². The van der Waals surface area contributed by atoms with E-state index in [0.29, 0.717) is 10.8 Å². The summed E-state index contributed by atoms with van der Waals surface area (Å²) in [5.41, 5.74) is 0.528. The summed E-state index contributed by atoms with van der Waals surface area (Å²) in [6.45, 7) is 3.19. The van der Waals surface area contributed by atoms with Crippen molar-refractivity contribution in [3.8, 4) is 0 Å². The molecule has 0 unspecified atom stereocenters. The Balaban J connectivity index is 1.69. The molecule has 1 aliphatic heterocycles. The Labute approximate surface area is 133 Å². The summed E-state index contributed by atoms with van der Waals surface area (Å²) in [7, 11) is -2.29. The maximum Gasteiger partial charge on any atom is 0.309 e. The molecule has 1 spiro atoms. The number of thiazole rings is 1. The fourth-order valence-electron chi connectivity index (χ4n) is 3.29. The zero-order chi connectivity index (χ0) is 16.1. The van der Waals surface area contributed by atoms with E-state index in [1.54, 1.807) is 6.92 Å². The van der Waals surface area contributed by atoms with Crippen LogP contribution in [0.4, 0.5) is 5.13 Å². The number of carbonyl (C=O) groups excluding carboxylic acids is 1. The molecule has 1 aromatic rings. The van der Waals surface area contributed by atoms with Crippen LogP contribution >= 0.6 is 11.3 Å². The maximum atomic E-state index is 11.6. The number of esters is 1. The number of nitrogens with two attached hydrogens (primary N) is 1. The Morgan fingerprint density at radius 2 is 2.09 bits per heavy atom. The summed E-state index contributed by atoms with van der Waals surface area (Å²) >= 11 is 1.12. The molecule has 1 saturated carbocycles. The first-order valence-corrected chi connectivity index (χ1v) is 9.46. The van der Waals surface area contributed by atoms with E-state index < -0.39 is 10.0 Å². The normalized spacial score (nSPS) is 23.6. The average Bonchev–Trinajstić information content (AvgIpc) is 2.99. The summed E-state index contributed by atoms with van der Waals surface area (Å²) < 4.78 is 27.9. The molecule has 1 saturated heterocycles. The first-order chi connectivity index (χ1) is 10.3. The van der Waals surface area contributed by atoms with Crippen LogP contribution in [0.2, 0.25) is 0 Å². The van der Waals surface area contributed by atoms with Crippen LogP contribution in [0.25, 0.3) is 0 Å². The Bertz CT molecular complexity index is 705. The van der Waals surface area contributed by atoms with Gasteiger partial charge in [0.25, 0.3) is 0 Å². The monoisotopic (exact) mass is 345 g/mol. The van der Waals surface area contributed by atoms with Gasteiger partial charge >= 0.3 is 5.97 Å². The molecule has 22 heavy (non-hydrogen) atoms. The van der Waals surface area contributed by atoms with Crippen LogP contribution in [0.1, 0.15) is 25.0 Å². The molecule has 0 radical (unpaired) electrons. The minimum absolute atomic E-state index is 0.0256. The van der Waals surface area contributed by atoms with Crippen LogP contribution in [0.5, 0.6) is 0 Å². The highest BCUT2D eigenvalue weighted by atomic mass is 32.2. The molecule has 2 aliphatic rings. The van der Waals surface area contributed by atoms with Gasteiger partial charge in [0.15, 0.2) is 9.34 Å². The largest absolute Gasteiger partial charge is 0.469 e. The summed E-state index contributed by atoms with van der Waals surface area (Å²) in [5, 5.41) is 5.88. The van der Waals surface area contributed by atoms with E-state index >= 15 is 0 Å². The number of anilines is 1. The highest BCUT2D eigenvalue weighted by molar-refractivity contribution is 7.91. The highest BCUT2D eigenvalue weighted by Gasteiger charge is 2.59. The summed E-state index contributed by atoms with van der Waals surface area (Å²) in [6, 6.07) is 0. The number of hydrogen-bond donors (Lipinski definition) is 1. The summed E-state index contributed by atoms with van der Waals surface area (Å²) in [6.07, 6.45) is 2.69. The topological polar surface area (TPSA) is 103 Å². The molecule has 1 aliphatic carbocycles. The van der Waals surface area contributed by atoms with Crippen molar-refractivity contribution in [2.75, 3.05) is 25.1 Å². The van der Waals surface area contributed by atoms with Crippen molar-refractivity contribution in [3.63, 3.8) is 0 Å². The lowest BCUT2D eigenvalue weighted by Gasteiger charge is -2.32. The number of sulfonamides is 1. The van der Waals surface area contributed by atoms with E-state index in [2.05, 4.69) is 9.88 Å². The van der Waals surface area contributed by atoms with Gasteiger partial charge in [-0.25, -0.2) is 18.5 Å². The lowest BCUT2D eigenvalue weighted by Crippen LogP contribution is -2.35. The molecule has 9 heteroatoms. The third-order valence-corrected chi connectivity index (χ3v) is 7.48. The molecular formula is C13H19N3O4S2. The van der Waals surface area contributed by atoms with Gasteiger partial charge < -0.3 is 9.64 Å². The Morgan fingerprint density at radius 3 is 2.59 bits per heavy atom. The number of nitrogens with zero attached hydrogens (tertiary/aromatic N) is 2. The fraction of sp³-hybridized carbons (Fsp3) is 0.692. The Morgan fingerprint density at radius 1 is 1.45 bits per heavy atom. The van der Waals surface area contributed by atoms with E-state index in [-0.39, 0.29) is 21.5 Å². The molecule has 0 bridgehead atoms. The molecule has 0 amide bonds. The molecule has 1 atom stereocenters. The highest BCUT2D eigenvalue weighted by Crippen LogP contribution is 2.60. The number of methoxy groups -OCH3 is 1. The third kappa shape index (κ3) is 2.61. The number of ether oxygens (including phenoxy) is 1. The van der Waals surface area contributed by atoms with E-state index in [9.17, 15) is 13.2 Å². The van der Waals surface area contributed by atoms with Crippen molar-refractivity contribution in [2.45, 2.75) is 30.4 Å². The number of carbonyl (C=O) groups is 1. The van der Waals surface area contributed by atoms with Crippen molar-refractivity contribution in [1.29, 1.82) is 0 Å². The van der Waals surface area contributed by atoms with Crippen LogP contribution in [-0.2, 0) is 19.6 Å². The average molecular weight is 345 g/mol. The molecule has 2 fully saturated rings. The van der Waals surface area contributed by atoms with Gasteiger partial charge in [-0.05, 0) is 31.6 Å². The zero-order valence-electron chi connectivity index (χ0n) is 12.5. The molecule has 122 valence electrons. The third-order valence-electron chi connectivity index (χ3n) is 4.71. The Hall–Kier alpha value is -1.19. The molecule has 7 nitrogen and oxygen atoms in total. The van der Waals surface area contributed by atoms with Gasteiger partial charge in [0.2, 0.25) is 10.0 Å². The number of piperidine rings is 1. The van der Waals surface area contributed by atoms with Crippen LogP contribution in [0, 0.1) is 18.3 Å². The molecule has 3 rings (SSSR count). The zero-order valence-corrected chi connectivity index (χ0v) is 14.2. The van der Waals surface area contributed by atoms with Gasteiger partial charge in [-0.3, -0.25) is 4.79 Å². The maximum absolute atomic E-state index is 11.6. The van der Waals surface area contributed by atoms with Crippen molar-refractivity contribution in [1.82, 2.24) is 4.98 Å². The minimum atomic E-state index is -3.72. The number of aromatic nitrogens is 1. The van der Waals surface area contributed by atoms with Crippen molar-refractivity contribution in [2.24, 2.45) is 16.5 Å². The molecule has 2 heterocycles. The quantitative estimate of drug-likeness (QED) is 0.816. The van der Waals surface area contributed by atoms with Gasteiger partial charge in [0, 0.05) is 13.1 Å². The Kier molecular flexibility index (Phi) is 3.69. The summed E-state index contributed by atoms with van der Waals surface area (Å²) in [4.78, 5) is 18.0. The minimum Gasteiger partial charge on any atom is -0.469 e. The van der Waals surface area contributed by atoms with E-state index in [1.807, 2.05) is 0 Å². The van der Waals surface area contributed by atoms with Gasteiger partial charge in [0.1, 0.15) is 0 Å². The second-order valence-electron chi connectivity index (χ2n) is 6.04. The lowest BCUT2D eigenvalue weighted by atomic mass is 9.91. The smallest absolute Gasteiger partial charge is 0.309 e. The standard InChI is InChI=1S/C13H19N3O4S2/c1-8-11(22(14,18)19)21-12(15-8)16-5-3-13(4-6-16)7-9(13)10(17)20-2/h9H,3-7H2,1-2H3,(H2,14,18,19)/t9-/m0/s1. The van der Waals surface area contributed by atoms with Crippen LogP contribution in [0.15, 0.2) is 4.21 Å². The lowest BCUT2D eigenvalue weighted by molar-refractivity contribution is -0.143. The second kappa shape index (κ2) is 5.17. The van der Waals surface area contributed by atoms with E-state index in [1.165, 1.54) is 7.11 Å². The number of aryl methyl sites for hydroxylation is 1. The van der Waals surface area contributed by atoms with E-state index in [4.69, 9.17) is 9.88 Å². The van der Waals surface area contributed by atoms with Crippen LogP contribution in [-0.4, -0.2) is 39.6 Å². The van der Waals surface area contributed by atoms with Gasteiger partial charge in [-0.15, -0.1) is 0 Å².